The Balaban J connectivity index is 1.87. The Morgan fingerprint density at radius 3 is 2.52 bits per heavy atom. The number of nitrogens with one attached hydrogen (secondary N) is 1. The third kappa shape index (κ3) is 2.84. The number of hydrogen-bond donors (Lipinski definition) is 1. The van der Waals surface area contributed by atoms with Crippen molar-refractivity contribution in [3.63, 3.8) is 0 Å². The van der Waals surface area contributed by atoms with Crippen LogP contribution in [0.4, 0.5) is 11.4 Å². The fourth-order valence-electron chi connectivity index (χ4n) is 2.16. The van der Waals surface area contributed by atoms with E-state index in [0.717, 1.165) is 17.1 Å². The third-order valence-electron chi connectivity index (χ3n) is 3.19. The molecule has 0 spiro atoms. The van der Waals surface area contributed by atoms with E-state index in [1.807, 2.05) is 60.8 Å². The molecule has 2 aromatic carbocycles. The van der Waals surface area contributed by atoms with Crippen molar-refractivity contribution in [1.82, 2.24) is 9.78 Å². The number of para-hydroxylation sites is 2. The van der Waals surface area contributed by atoms with Gasteiger partial charge in [0.2, 0.25) is 0 Å². The summed E-state index contributed by atoms with van der Waals surface area (Å²) in [6.07, 6.45) is 3.64. The molecule has 1 aromatic heterocycles. The zero-order valence-electron chi connectivity index (χ0n) is 11.7. The first-order valence-corrected chi connectivity index (χ1v) is 6.71. The number of carbonyl (C=O) groups is 1. The van der Waals surface area contributed by atoms with E-state index in [9.17, 15) is 4.79 Å². The monoisotopic (exact) mass is 277 g/mol. The summed E-state index contributed by atoms with van der Waals surface area (Å²) >= 11 is 0. The van der Waals surface area contributed by atoms with E-state index in [4.69, 9.17) is 0 Å². The second-order valence-electron chi connectivity index (χ2n) is 4.74. The average molecular weight is 277 g/mol. The molecule has 3 aromatic rings. The molecule has 0 atom stereocenters. The van der Waals surface area contributed by atoms with Crippen molar-refractivity contribution in [2.45, 2.75) is 6.92 Å². The summed E-state index contributed by atoms with van der Waals surface area (Å²) in [5.41, 5.74) is 3.29. The molecule has 0 radical (unpaired) electrons. The normalized spacial score (nSPS) is 10.3. The van der Waals surface area contributed by atoms with Crippen LogP contribution in [0.5, 0.6) is 0 Å². The number of nitrogens with zero attached hydrogens (tertiary/aromatic N) is 2. The lowest BCUT2D eigenvalue weighted by Crippen LogP contribution is -1.99. The van der Waals surface area contributed by atoms with Crippen LogP contribution in [0.3, 0.4) is 0 Å². The smallest absolute Gasteiger partial charge is 0.161 e. The molecule has 0 fully saturated rings. The molecule has 0 aliphatic rings. The Morgan fingerprint density at radius 2 is 1.76 bits per heavy atom. The number of hydrogen-bond acceptors (Lipinski definition) is 3. The van der Waals surface area contributed by atoms with Gasteiger partial charge in [0, 0.05) is 11.3 Å². The Bertz CT molecular complexity index is 762. The standard InChI is InChI=1S/C17H15N3O/c1-13(21)16-9-5-6-10-17(16)19-14-11-18-20(12-14)15-7-3-2-4-8-15/h2-12,19H,1H3. The Morgan fingerprint density at radius 1 is 1.05 bits per heavy atom. The molecule has 1 heterocycles. The molecule has 3 rings (SSSR count). The minimum atomic E-state index is 0.0357. The van der Waals surface area contributed by atoms with Gasteiger partial charge in [0.15, 0.2) is 5.78 Å². The van der Waals surface area contributed by atoms with Crippen molar-refractivity contribution >= 4 is 17.2 Å². The molecule has 0 saturated heterocycles. The first-order valence-electron chi connectivity index (χ1n) is 6.71. The van der Waals surface area contributed by atoms with Crippen molar-refractivity contribution in [2.24, 2.45) is 0 Å². The largest absolute Gasteiger partial charge is 0.352 e. The molecule has 0 amide bonds. The maximum Gasteiger partial charge on any atom is 0.161 e. The van der Waals surface area contributed by atoms with Gasteiger partial charge in [-0.1, -0.05) is 30.3 Å². The second-order valence-corrected chi connectivity index (χ2v) is 4.74. The van der Waals surface area contributed by atoms with Crippen LogP contribution in [-0.2, 0) is 0 Å². The van der Waals surface area contributed by atoms with Crippen LogP contribution in [0, 0.1) is 0 Å². The molecule has 0 aliphatic heterocycles. The molecule has 0 saturated carbocycles. The van der Waals surface area contributed by atoms with Crippen LogP contribution < -0.4 is 5.32 Å². The number of Topliss-reactive ketones (excluding diaryl/α,β-unsaturated/α-hetero) is 1. The maximum atomic E-state index is 11.6. The number of aromatic nitrogens is 2. The first-order chi connectivity index (χ1) is 10.2. The highest BCUT2D eigenvalue weighted by Gasteiger charge is 2.07. The van der Waals surface area contributed by atoms with E-state index in [-0.39, 0.29) is 5.78 Å². The molecular weight excluding hydrogens is 262 g/mol. The van der Waals surface area contributed by atoms with Crippen molar-refractivity contribution in [1.29, 1.82) is 0 Å². The van der Waals surface area contributed by atoms with Crippen LogP contribution >= 0.6 is 0 Å². The SMILES string of the molecule is CC(=O)c1ccccc1Nc1cnn(-c2ccccc2)c1. The van der Waals surface area contributed by atoms with Crippen LogP contribution in [0.1, 0.15) is 17.3 Å². The zero-order valence-corrected chi connectivity index (χ0v) is 11.7. The summed E-state index contributed by atoms with van der Waals surface area (Å²) in [6, 6.07) is 17.3. The number of anilines is 2. The highest BCUT2D eigenvalue weighted by molar-refractivity contribution is 6.00. The quantitative estimate of drug-likeness (QED) is 0.737. The van der Waals surface area contributed by atoms with Gasteiger partial charge in [-0.15, -0.1) is 0 Å². The molecule has 0 aliphatic carbocycles. The van der Waals surface area contributed by atoms with Gasteiger partial charge in [0.05, 0.1) is 23.8 Å². The van der Waals surface area contributed by atoms with Gasteiger partial charge in [0.1, 0.15) is 0 Å². The molecular formula is C17H15N3O. The third-order valence-corrected chi connectivity index (χ3v) is 3.19. The van der Waals surface area contributed by atoms with Crippen LogP contribution in [-0.4, -0.2) is 15.6 Å². The topological polar surface area (TPSA) is 46.9 Å². The van der Waals surface area contributed by atoms with E-state index in [2.05, 4.69) is 10.4 Å². The zero-order chi connectivity index (χ0) is 14.7. The van der Waals surface area contributed by atoms with Crippen molar-refractivity contribution in [3.05, 3.63) is 72.6 Å². The van der Waals surface area contributed by atoms with Gasteiger partial charge in [0.25, 0.3) is 0 Å². The summed E-state index contributed by atoms with van der Waals surface area (Å²) in [5, 5.41) is 7.57. The summed E-state index contributed by atoms with van der Waals surface area (Å²) in [5.74, 6) is 0.0357. The lowest BCUT2D eigenvalue weighted by Gasteiger charge is -2.07. The second kappa shape index (κ2) is 5.63. The van der Waals surface area contributed by atoms with Gasteiger partial charge < -0.3 is 5.32 Å². The number of benzene rings is 2. The minimum Gasteiger partial charge on any atom is -0.352 e. The molecule has 0 unspecified atom stereocenters. The van der Waals surface area contributed by atoms with Gasteiger partial charge in [-0.25, -0.2) is 4.68 Å². The minimum absolute atomic E-state index is 0.0357. The van der Waals surface area contributed by atoms with Gasteiger partial charge in [-0.3, -0.25) is 4.79 Å². The van der Waals surface area contributed by atoms with Crippen LogP contribution in [0.15, 0.2) is 67.0 Å². The first kappa shape index (κ1) is 13.1. The van der Waals surface area contributed by atoms with E-state index >= 15 is 0 Å². The van der Waals surface area contributed by atoms with Gasteiger partial charge in [-0.05, 0) is 31.2 Å². The fraction of sp³-hybridized carbons (Fsp3) is 0.0588. The van der Waals surface area contributed by atoms with E-state index < -0.39 is 0 Å². The predicted molar refractivity (Wildman–Crippen MR) is 83.3 cm³/mol. The van der Waals surface area contributed by atoms with E-state index in [0.29, 0.717) is 5.56 Å². The Labute approximate surface area is 123 Å². The Hall–Kier alpha value is -2.88. The Kier molecular flexibility index (Phi) is 3.51. The number of rotatable bonds is 4. The van der Waals surface area contributed by atoms with Crippen LogP contribution in [0.2, 0.25) is 0 Å². The van der Waals surface area contributed by atoms with Gasteiger partial charge >= 0.3 is 0 Å². The average Bonchev–Trinajstić information content (AvgIpc) is 2.97. The molecule has 4 nitrogen and oxygen atoms in total. The highest BCUT2D eigenvalue weighted by atomic mass is 16.1. The number of carbonyl (C=O) groups excluding carboxylic acids is 1. The molecule has 4 heteroatoms. The summed E-state index contributed by atoms with van der Waals surface area (Å²) in [6.45, 7) is 1.56. The summed E-state index contributed by atoms with van der Waals surface area (Å²) in [7, 11) is 0. The molecule has 21 heavy (non-hydrogen) atoms. The lowest BCUT2D eigenvalue weighted by molar-refractivity contribution is 0.101. The highest BCUT2D eigenvalue weighted by Crippen LogP contribution is 2.21. The fourth-order valence-corrected chi connectivity index (χ4v) is 2.16. The molecule has 1 N–H and O–H groups in total. The maximum absolute atomic E-state index is 11.6. The summed E-state index contributed by atoms with van der Waals surface area (Å²) < 4.78 is 1.79. The molecule has 104 valence electrons. The van der Waals surface area contributed by atoms with Crippen molar-refractivity contribution in [3.8, 4) is 5.69 Å². The van der Waals surface area contributed by atoms with E-state index in [1.165, 1.54) is 0 Å². The van der Waals surface area contributed by atoms with E-state index in [1.54, 1.807) is 17.8 Å². The van der Waals surface area contributed by atoms with Gasteiger partial charge in [-0.2, -0.15) is 5.10 Å². The summed E-state index contributed by atoms with van der Waals surface area (Å²) in [4.78, 5) is 11.6. The predicted octanol–water partition coefficient (Wildman–Crippen LogP) is 3.82. The van der Waals surface area contributed by atoms with Crippen molar-refractivity contribution in [2.75, 3.05) is 5.32 Å². The molecule has 0 bridgehead atoms. The van der Waals surface area contributed by atoms with Crippen LogP contribution in [0.25, 0.3) is 5.69 Å². The number of ketones is 1. The van der Waals surface area contributed by atoms with Crippen molar-refractivity contribution < 1.29 is 4.79 Å². The lowest BCUT2D eigenvalue weighted by atomic mass is 10.1.